The molecule has 1 aliphatic heterocycles. The highest BCUT2D eigenvalue weighted by Gasteiger charge is 2.09. The Balaban J connectivity index is 2.15. The van der Waals surface area contributed by atoms with E-state index in [0.29, 0.717) is 0 Å². The Hall–Kier alpha value is -0.0800. The van der Waals surface area contributed by atoms with Crippen LogP contribution in [0.1, 0.15) is 25.7 Å². The molecular formula is C8H18N2. The molecule has 1 fully saturated rings. The molecule has 1 saturated heterocycles. The predicted octanol–water partition coefficient (Wildman–Crippen LogP) is 0.725. The summed E-state index contributed by atoms with van der Waals surface area (Å²) in [7, 11) is 0. The maximum atomic E-state index is 5.49. The Morgan fingerprint density at radius 1 is 1.30 bits per heavy atom. The zero-order chi connectivity index (χ0) is 7.23. The third-order valence-corrected chi connectivity index (χ3v) is 2.27. The van der Waals surface area contributed by atoms with Gasteiger partial charge in [-0.3, -0.25) is 0 Å². The van der Waals surface area contributed by atoms with E-state index in [9.17, 15) is 0 Å². The van der Waals surface area contributed by atoms with Gasteiger partial charge in [0, 0.05) is 0 Å². The van der Waals surface area contributed by atoms with Gasteiger partial charge in [-0.25, -0.2) is 0 Å². The van der Waals surface area contributed by atoms with Crippen LogP contribution < -0.4 is 11.1 Å². The molecule has 10 heavy (non-hydrogen) atoms. The van der Waals surface area contributed by atoms with Crippen LogP contribution in [0.25, 0.3) is 0 Å². The van der Waals surface area contributed by atoms with Crippen LogP contribution in [0, 0.1) is 5.92 Å². The number of nitrogens with two attached hydrogens (primary N) is 1. The standard InChI is InChI=1S/C8H18N2/c9-5-3-8-2-1-6-10-7-4-8/h8,10H,1-7,9H2. The largest absolute Gasteiger partial charge is 0.330 e. The minimum absolute atomic E-state index is 0.866. The molecule has 0 amide bonds. The van der Waals surface area contributed by atoms with Crippen molar-refractivity contribution in [1.29, 1.82) is 0 Å². The first-order valence-corrected chi connectivity index (χ1v) is 4.34. The first kappa shape index (κ1) is 8.02. The van der Waals surface area contributed by atoms with Crippen LogP contribution in [0.2, 0.25) is 0 Å². The van der Waals surface area contributed by atoms with Crippen molar-refractivity contribution in [1.82, 2.24) is 5.32 Å². The van der Waals surface area contributed by atoms with E-state index in [2.05, 4.69) is 5.32 Å². The number of rotatable bonds is 2. The molecular weight excluding hydrogens is 124 g/mol. The van der Waals surface area contributed by atoms with Gasteiger partial charge >= 0.3 is 0 Å². The van der Waals surface area contributed by atoms with E-state index in [1.807, 2.05) is 0 Å². The van der Waals surface area contributed by atoms with Crippen LogP contribution in [-0.4, -0.2) is 19.6 Å². The Labute approximate surface area is 63.2 Å². The SMILES string of the molecule is NCCC1CCCNCC1. The minimum Gasteiger partial charge on any atom is -0.330 e. The first-order valence-electron chi connectivity index (χ1n) is 4.34. The van der Waals surface area contributed by atoms with E-state index in [-0.39, 0.29) is 0 Å². The van der Waals surface area contributed by atoms with Gasteiger partial charge in [0.2, 0.25) is 0 Å². The molecule has 1 unspecified atom stereocenters. The molecule has 2 heteroatoms. The molecule has 1 atom stereocenters. The summed E-state index contributed by atoms with van der Waals surface area (Å²) in [4.78, 5) is 0. The molecule has 0 radical (unpaired) electrons. The Morgan fingerprint density at radius 3 is 3.00 bits per heavy atom. The van der Waals surface area contributed by atoms with Crippen LogP contribution in [-0.2, 0) is 0 Å². The molecule has 0 aromatic carbocycles. The molecule has 1 heterocycles. The smallest absolute Gasteiger partial charge is 0.00463 e. The number of hydrogen-bond donors (Lipinski definition) is 2. The van der Waals surface area contributed by atoms with Crippen LogP contribution in [0.15, 0.2) is 0 Å². The Bertz CT molecular complexity index is 75.3. The molecule has 2 nitrogen and oxygen atoms in total. The molecule has 60 valence electrons. The molecule has 1 rings (SSSR count). The van der Waals surface area contributed by atoms with Crippen molar-refractivity contribution >= 4 is 0 Å². The van der Waals surface area contributed by atoms with E-state index in [1.54, 1.807) is 0 Å². The molecule has 0 spiro atoms. The van der Waals surface area contributed by atoms with Gasteiger partial charge in [-0.05, 0) is 51.2 Å². The van der Waals surface area contributed by atoms with E-state index >= 15 is 0 Å². The molecule has 1 aliphatic rings. The fourth-order valence-corrected chi connectivity index (χ4v) is 1.62. The van der Waals surface area contributed by atoms with E-state index in [1.165, 1.54) is 38.8 Å². The Kier molecular flexibility index (Phi) is 3.76. The molecule has 0 saturated carbocycles. The van der Waals surface area contributed by atoms with Crippen molar-refractivity contribution in [2.45, 2.75) is 25.7 Å². The van der Waals surface area contributed by atoms with Crippen LogP contribution in [0.4, 0.5) is 0 Å². The minimum atomic E-state index is 0.866. The summed E-state index contributed by atoms with van der Waals surface area (Å²) < 4.78 is 0. The highest BCUT2D eigenvalue weighted by atomic mass is 14.8. The monoisotopic (exact) mass is 142 g/mol. The third kappa shape index (κ3) is 2.67. The Morgan fingerprint density at radius 2 is 2.20 bits per heavy atom. The lowest BCUT2D eigenvalue weighted by Crippen LogP contribution is -2.14. The topological polar surface area (TPSA) is 38.0 Å². The second kappa shape index (κ2) is 4.69. The summed E-state index contributed by atoms with van der Waals surface area (Å²) in [6.07, 6.45) is 5.27. The second-order valence-corrected chi connectivity index (χ2v) is 3.12. The highest BCUT2D eigenvalue weighted by Crippen LogP contribution is 2.15. The average molecular weight is 142 g/mol. The molecule has 3 N–H and O–H groups in total. The average Bonchev–Trinajstić information content (AvgIpc) is 2.17. The number of hydrogen-bond acceptors (Lipinski definition) is 2. The summed E-state index contributed by atoms with van der Waals surface area (Å²) in [6.45, 7) is 3.27. The summed E-state index contributed by atoms with van der Waals surface area (Å²) in [6, 6.07) is 0. The van der Waals surface area contributed by atoms with Crippen molar-refractivity contribution in [2.24, 2.45) is 11.7 Å². The van der Waals surface area contributed by atoms with Crippen molar-refractivity contribution in [3.63, 3.8) is 0 Å². The summed E-state index contributed by atoms with van der Waals surface area (Å²) >= 11 is 0. The lowest BCUT2D eigenvalue weighted by atomic mass is 9.97. The molecule has 0 bridgehead atoms. The molecule has 0 aromatic heterocycles. The van der Waals surface area contributed by atoms with Gasteiger partial charge < -0.3 is 11.1 Å². The van der Waals surface area contributed by atoms with Gasteiger partial charge in [0.1, 0.15) is 0 Å². The van der Waals surface area contributed by atoms with E-state index in [4.69, 9.17) is 5.73 Å². The van der Waals surface area contributed by atoms with Gasteiger partial charge in [-0.2, -0.15) is 0 Å². The van der Waals surface area contributed by atoms with Crippen molar-refractivity contribution in [3.8, 4) is 0 Å². The lowest BCUT2D eigenvalue weighted by molar-refractivity contribution is 0.445. The maximum Gasteiger partial charge on any atom is -0.00463 e. The highest BCUT2D eigenvalue weighted by molar-refractivity contribution is 4.66. The van der Waals surface area contributed by atoms with Gasteiger partial charge in [-0.15, -0.1) is 0 Å². The zero-order valence-electron chi connectivity index (χ0n) is 6.60. The summed E-state index contributed by atoms with van der Waals surface area (Å²) in [5.41, 5.74) is 5.49. The van der Waals surface area contributed by atoms with Gasteiger partial charge in [0.25, 0.3) is 0 Å². The lowest BCUT2D eigenvalue weighted by Gasteiger charge is -2.10. The molecule has 0 aromatic rings. The van der Waals surface area contributed by atoms with Crippen molar-refractivity contribution < 1.29 is 0 Å². The van der Waals surface area contributed by atoms with Crippen LogP contribution in [0.3, 0.4) is 0 Å². The molecule has 0 aliphatic carbocycles. The van der Waals surface area contributed by atoms with Crippen molar-refractivity contribution in [2.75, 3.05) is 19.6 Å². The number of nitrogens with one attached hydrogen (secondary N) is 1. The fraction of sp³-hybridized carbons (Fsp3) is 1.00. The predicted molar refractivity (Wildman–Crippen MR) is 43.9 cm³/mol. The van der Waals surface area contributed by atoms with Crippen LogP contribution >= 0.6 is 0 Å². The van der Waals surface area contributed by atoms with Crippen molar-refractivity contribution in [3.05, 3.63) is 0 Å². The van der Waals surface area contributed by atoms with E-state index in [0.717, 1.165) is 12.5 Å². The summed E-state index contributed by atoms with van der Waals surface area (Å²) in [5, 5.41) is 3.39. The van der Waals surface area contributed by atoms with Crippen LogP contribution in [0.5, 0.6) is 0 Å². The van der Waals surface area contributed by atoms with Gasteiger partial charge in [0.05, 0.1) is 0 Å². The second-order valence-electron chi connectivity index (χ2n) is 3.12. The van der Waals surface area contributed by atoms with Gasteiger partial charge in [-0.1, -0.05) is 0 Å². The van der Waals surface area contributed by atoms with Gasteiger partial charge in [0.15, 0.2) is 0 Å². The fourth-order valence-electron chi connectivity index (χ4n) is 1.62. The maximum absolute atomic E-state index is 5.49. The summed E-state index contributed by atoms with van der Waals surface area (Å²) in [5.74, 6) is 0.903. The third-order valence-electron chi connectivity index (χ3n) is 2.27. The zero-order valence-corrected chi connectivity index (χ0v) is 6.60. The quantitative estimate of drug-likeness (QED) is 0.596. The normalized spacial score (nSPS) is 27.9. The van der Waals surface area contributed by atoms with E-state index < -0.39 is 0 Å². The first-order chi connectivity index (χ1) is 4.93.